The van der Waals surface area contributed by atoms with Gasteiger partial charge in [0.05, 0.1) is 0 Å². The van der Waals surface area contributed by atoms with E-state index in [1.54, 1.807) is 12.1 Å². The summed E-state index contributed by atoms with van der Waals surface area (Å²) in [6.45, 7) is 0.908. The predicted molar refractivity (Wildman–Crippen MR) is 106 cm³/mol. The molecule has 1 amide bonds. The minimum absolute atomic E-state index is 0.151. The van der Waals surface area contributed by atoms with Crippen molar-refractivity contribution in [3.63, 3.8) is 0 Å². The van der Waals surface area contributed by atoms with E-state index in [4.69, 9.17) is 9.47 Å². The van der Waals surface area contributed by atoms with Gasteiger partial charge in [-0.2, -0.15) is 0 Å². The minimum Gasteiger partial charge on any atom is -0.490 e. The van der Waals surface area contributed by atoms with Crippen molar-refractivity contribution in [2.24, 2.45) is 0 Å². The minimum atomic E-state index is -0.151. The zero-order valence-electron chi connectivity index (χ0n) is 14.0. The molecule has 0 heterocycles. The van der Waals surface area contributed by atoms with Gasteiger partial charge in [0.15, 0.2) is 0 Å². The van der Waals surface area contributed by atoms with E-state index in [9.17, 15) is 4.79 Å². The van der Waals surface area contributed by atoms with Crippen LogP contribution >= 0.6 is 15.9 Å². The molecule has 0 unspecified atom stereocenters. The van der Waals surface area contributed by atoms with Crippen molar-refractivity contribution < 1.29 is 14.3 Å². The topological polar surface area (TPSA) is 47.6 Å². The first kappa shape index (κ1) is 18.0. The summed E-state index contributed by atoms with van der Waals surface area (Å²) >= 11 is 3.35. The highest BCUT2D eigenvalue weighted by Crippen LogP contribution is 2.17. The van der Waals surface area contributed by atoms with Crippen LogP contribution in [0.25, 0.3) is 0 Å². The van der Waals surface area contributed by atoms with Crippen LogP contribution in [0, 0.1) is 0 Å². The molecule has 3 rings (SSSR count). The highest BCUT2D eigenvalue weighted by Gasteiger charge is 2.06. The molecule has 26 heavy (non-hydrogen) atoms. The lowest BCUT2D eigenvalue weighted by atomic mass is 10.2. The largest absolute Gasteiger partial charge is 0.490 e. The van der Waals surface area contributed by atoms with Crippen molar-refractivity contribution in [3.05, 3.63) is 88.9 Å². The quantitative estimate of drug-likeness (QED) is 0.546. The molecule has 0 aromatic heterocycles. The Morgan fingerprint density at radius 2 is 1.35 bits per heavy atom. The molecular weight excluding hydrogens is 394 g/mol. The van der Waals surface area contributed by atoms with Gasteiger partial charge in [0.2, 0.25) is 0 Å². The monoisotopic (exact) mass is 411 g/mol. The number of benzene rings is 3. The van der Waals surface area contributed by atoms with E-state index in [0.29, 0.717) is 24.5 Å². The van der Waals surface area contributed by atoms with Crippen LogP contribution in [0.2, 0.25) is 0 Å². The van der Waals surface area contributed by atoms with Gasteiger partial charge in [-0.15, -0.1) is 0 Å². The highest BCUT2D eigenvalue weighted by molar-refractivity contribution is 9.10. The molecule has 0 atom stereocenters. The fraction of sp³-hybridized carbons (Fsp3) is 0.0952. The van der Waals surface area contributed by atoms with E-state index in [0.717, 1.165) is 16.0 Å². The second-order valence-corrected chi connectivity index (χ2v) is 6.41. The maximum Gasteiger partial charge on any atom is 0.255 e. The fourth-order valence-electron chi connectivity index (χ4n) is 2.27. The van der Waals surface area contributed by atoms with Gasteiger partial charge in [0.25, 0.3) is 5.91 Å². The number of rotatable bonds is 7. The Morgan fingerprint density at radius 3 is 1.96 bits per heavy atom. The Hall–Kier alpha value is -2.79. The van der Waals surface area contributed by atoms with Crippen molar-refractivity contribution >= 4 is 27.5 Å². The average Bonchev–Trinajstić information content (AvgIpc) is 2.68. The Kier molecular flexibility index (Phi) is 6.28. The van der Waals surface area contributed by atoms with Gasteiger partial charge in [-0.05, 0) is 60.7 Å². The summed E-state index contributed by atoms with van der Waals surface area (Å²) in [6.07, 6.45) is 0. The molecule has 0 bridgehead atoms. The number of ether oxygens (including phenoxy) is 2. The Balaban J connectivity index is 1.45. The molecule has 0 radical (unpaired) electrons. The van der Waals surface area contributed by atoms with Crippen molar-refractivity contribution in [2.45, 2.75) is 0 Å². The van der Waals surface area contributed by atoms with Crippen molar-refractivity contribution in [1.82, 2.24) is 0 Å². The van der Waals surface area contributed by atoms with Gasteiger partial charge < -0.3 is 14.8 Å². The third-order valence-corrected chi connectivity index (χ3v) is 4.11. The number of hydrogen-bond donors (Lipinski definition) is 1. The number of para-hydroxylation sites is 1. The highest BCUT2D eigenvalue weighted by atomic mass is 79.9. The Morgan fingerprint density at radius 1 is 0.769 bits per heavy atom. The van der Waals surface area contributed by atoms with Crippen LogP contribution in [-0.2, 0) is 0 Å². The van der Waals surface area contributed by atoms with Gasteiger partial charge in [0.1, 0.15) is 24.7 Å². The molecule has 1 N–H and O–H groups in total. The summed E-state index contributed by atoms with van der Waals surface area (Å²) in [4.78, 5) is 12.2. The summed E-state index contributed by atoms with van der Waals surface area (Å²) in [6, 6.07) is 24.1. The number of carbonyl (C=O) groups is 1. The van der Waals surface area contributed by atoms with Crippen LogP contribution in [0.5, 0.6) is 11.5 Å². The van der Waals surface area contributed by atoms with Gasteiger partial charge in [-0.25, -0.2) is 0 Å². The molecule has 5 heteroatoms. The average molecular weight is 412 g/mol. The number of anilines is 1. The Labute approximate surface area is 160 Å². The lowest BCUT2D eigenvalue weighted by Gasteiger charge is -2.09. The maximum absolute atomic E-state index is 12.2. The van der Waals surface area contributed by atoms with Gasteiger partial charge in [-0.1, -0.05) is 34.1 Å². The molecule has 0 aliphatic rings. The van der Waals surface area contributed by atoms with E-state index in [2.05, 4.69) is 21.2 Å². The van der Waals surface area contributed by atoms with Gasteiger partial charge >= 0.3 is 0 Å². The molecule has 0 aliphatic carbocycles. The van der Waals surface area contributed by atoms with Crippen LogP contribution in [0.15, 0.2) is 83.3 Å². The van der Waals surface area contributed by atoms with Crippen molar-refractivity contribution in [2.75, 3.05) is 18.5 Å². The summed E-state index contributed by atoms with van der Waals surface area (Å²) < 4.78 is 12.2. The summed E-state index contributed by atoms with van der Waals surface area (Å²) in [5.41, 5.74) is 1.32. The normalized spacial score (nSPS) is 10.2. The molecule has 0 aliphatic heterocycles. The molecule has 132 valence electrons. The van der Waals surface area contributed by atoms with Crippen molar-refractivity contribution in [3.8, 4) is 11.5 Å². The summed E-state index contributed by atoms with van der Waals surface area (Å²) in [5.74, 6) is 1.40. The zero-order chi connectivity index (χ0) is 18.2. The first-order valence-corrected chi connectivity index (χ1v) is 8.98. The second-order valence-electron chi connectivity index (χ2n) is 5.50. The third-order valence-electron chi connectivity index (χ3n) is 3.58. The summed E-state index contributed by atoms with van der Waals surface area (Å²) in [5, 5.41) is 2.86. The number of hydrogen-bond acceptors (Lipinski definition) is 3. The zero-order valence-corrected chi connectivity index (χ0v) is 15.6. The first-order chi connectivity index (χ1) is 12.7. The van der Waals surface area contributed by atoms with Gasteiger partial charge in [-0.3, -0.25) is 4.79 Å². The number of nitrogens with one attached hydrogen (secondary N) is 1. The SMILES string of the molecule is O=C(Nc1ccc(OCCOc2ccccc2)cc1)c1ccc(Br)cc1. The predicted octanol–water partition coefficient (Wildman–Crippen LogP) is 5.16. The van der Waals surface area contributed by atoms with E-state index in [1.165, 1.54) is 0 Å². The van der Waals surface area contributed by atoms with Crippen LogP contribution in [-0.4, -0.2) is 19.1 Å². The van der Waals surface area contributed by atoms with E-state index < -0.39 is 0 Å². The van der Waals surface area contributed by atoms with E-state index >= 15 is 0 Å². The first-order valence-electron chi connectivity index (χ1n) is 8.18. The van der Waals surface area contributed by atoms with Crippen LogP contribution < -0.4 is 14.8 Å². The Bertz CT molecular complexity index is 833. The standard InChI is InChI=1S/C21H18BrNO3/c22-17-8-6-16(7-9-17)21(24)23-18-10-12-20(13-11-18)26-15-14-25-19-4-2-1-3-5-19/h1-13H,14-15H2,(H,23,24). The molecule has 3 aromatic rings. The molecule has 0 saturated carbocycles. The molecule has 0 saturated heterocycles. The summed E-state index contributed by atoms with van der Waals surface area (Å²) in [7, 11) is 0. The van der Waals surface area contributed by atoms with E-state index in [1.807, 2.05) is 66.7 Å². The lowest BCUT2D eigenvalue weighted by Crippen LogP contribution is -2.12. The number of carbonyl (C=O) groups excluding carboxylic acids is 1. The second kappa shape index (κ2) is 9.06. The van der Waals surface area contributed by atoms with Crippen LogP contribution in [0.4, 0.5) is 5.69 Å². The fourth-order valence-corrected chi connectivity index (χ4v) is 2.54. The lowest BCUT2D eigenvalue weighted by molar-refractivity contribution is 0.102. The molecule has 4 nitrogen and oxygen atoms in total. The van der Waals surface area contributed by atoms with Crippen LogP contribution in [0.3, 0.4) is 0 Å². The third kappa shape index (κ3) is 5.36. The molecule has 3 aromatic carbocycles. The molecule has 0 fully saturated rings. The van der Waals surface area contributed by atoms with Crippen molar-refractivity contribution in [1.29, 1.82) is 0 Å². The molecule has 0 spiro atoms. The van der Waals surface area contributed by atoms with E-state index in [-0.39, 0.29) is 5.91 Å². The maximum atomic E-state index is 12.2. The van der Waals surface area contributed by atoms with Gasteiger partial charge in [0, 0.05) is 15.7 Å². The number of amides is 1. The smallest absolute Gasteiger partial charge is 0.255 e. The van der Waals surface area contributed by atoms with Crippen LogP contribution in [0.1, 0.15) is 10.4 Å². The molecular formula is C21H18BrNO3. The number of halogens is 1.